The first-order valence-corrected chi connectivity index (χ1v) is 7.81. The minimum absolute atomic E-state index is 0.369. The summed E-state index contributed by atoms with van der Waals surface area (Å²) in [5, 5.41) is 9.34. The van der Waals surface area contributed by atoms with Crippen molar-refractivity contribution < 1.29 is 14.6 Å². The number of methoxy groups -OCH3 is 1. The molecule has 0 fully saturated rings. The van der Waals surface area contributed by atoms with E-state index in [0.29, 0.717) is 12.1 Å². The predicted octanol–water partition coefficient (Wildman–Crippen LogP) is 3.81. The second-order valence-corrected chi connectivity index (χ2v) is 5.48. The van der Waals surface area contributed by atoms with Crippen molar-refractivity contribution in [2.24, 2.45) is 0 Å². The normalized spacial score (nSPS) is 10.7. The highest BCUT2D eigenvalue weighted by molar-refractivity contribution is 5.89. The van der Waals surface area contributed by atoms with Crippen molar-refractivity contribution in [2.45, 2.75) is 26.4 Å². The Morgan fingerprint density at radius 2 is 1.65 bits per heavy atom. The van der Waals surface area contributed by atoms with Crippen LogP contribution >= 0.6 is 0 Å². The quantitative estimate of drug-likeness (QED) is 0.805. The van der Waals surface area contributed by atoms with E-state index in [4.69, 9.17) is 4.74 Å². The van der Waals surface area contributed by atoms with Gasteiger partial charge in [-0.05, 0) is 30.7 Å². The maximum atomic E-state index is 11.4. The molecule has 23 heavy (non-hydrogen) atoms. The lowest BCUT2D eigenvalue weighted by molar-refractivity contribution is 0.0694. The van der Waals surface area contributed by atoms with Crippen molar-refractivity contribution in [3.05, 3.63) is 65.2 Å². The fourth-order valence-electron chi connectivity index (χ4n) is 2.71. The molecule has 0 atom stereocenters. The monoisotopic (exact) mass is 313 g/mol. The zero-order valence-corrected chi connectivity index (χ0v) is 13.7. The summed E-state index contributed by atoms with van der Waals surface area (Å²) in [6, 6.07) is 15.1. The summed E-state index contributed by atoms with van der Waals surface area (Å²) in [6.45, 7) is 4.35. The molecule has 4 heteroatoms. The Morgan fingerprint density at radius 1 is 1.04 bits per heavy atom. The van der Waals surface area contributed by atoms with Gasteiger partial charge in [-0.25, -0.2) is 4.79 Å². The highest BCUT2D eigenvalue weighted by atomic mass is 16.5. The molecule has 0 radical (unpaired) electrons. The number of nitrogens with zero attached hydrogens (tertiary/aromatic N) is 1. The molecule has 2 rings (SSSR count). The van der Waals surface area contributed by atoms with Crippen LogP contribution in [0.3, 0.4) is 0 Å². The van der Waals surface area contributed by atoms with Crippen LogP contribution in [0.4, 0.5) is 0 Å². The first-order valence-electron chi connectivity index (χ1n) is 7.81. The number of ether oxygens (including phenoxy) is 1. The van der Waals surface area contributed by atoms with Gasteiger partial charge in [-0.2, -0.15) is 0 Å². The molecule has 1 N–H and O–H groups in total. The molecule has 0 saturated heterocycles. The summed E-state index contributed by atoms with van der Waals surface area (Å²) in [7, 11) is 1.67. The number of benzene rings is 2. The molecule has 4 nitrogen and oxygen atoms in total. The molecule has 2 aromatic carbocycles. The molecule has 0 unspecified atom stereocenters. The van der Waals surface area contributed by atoms with Crippen LogP contribution in [0.1, 0.15) is 34.8 Å². The van der Waals surface area contributed by atoms with Crippen molar-refractivity contribution in [2.75, 3.05) is 13.7 Å². The molecule has 0 aromatic heterocycles. The lowest BCUT2D eigenvalue weighted by Gasteiger charge is -2.23. The summed E-state index contributed by atoms with van der Waals surface area (Å²) < 4.78 is 5.42. The minimum atomic E-state index is -0.880. The Kier molecular flexibility index (Phi) is 6.18. The smallest absolute Gasteiger partial charge is 0.336 e. The molecule has 0 aliphatic rings. The number of aromatic carboxylic acids is 1. The van der Waals surface area contributed by atoms with Crippen LogP contribution in [0.25, 0.3) is 0 Å². The number of hydrogen-bond acceptors (Lipinski definition) is 3. The van der Waals surface area contributed by atoms with E-state index in [0.717, 1.165) is 36.4 Å². The highest BCUT2D eigenvalue weighted by Gasteiger charge is 2.14. The van der Waals surface area contributed by atoms with E-state index >= 15 is 0 Å². The number of carboxylic acid groups (broad SMARTS) is 1. The van der Waals surface area contributed by atoms with Gasteiger partial charge in [0, 0.05) is 18.7 Å². The number of hydrogen-bond donors (Lipinski definition) is 1. The second kappa shape index (κ2) is 8.34. The Bertz CT molecular complexity index is 655. The zero-order chi connectivity index (χ0) is 16.7. The molecular formula is C19H23NO3. The first-order chi connectivity index (χ1) is 11.2. The van der Waals surface area contributed by atoms with Gasteiger partial charge in [0.05, 0.1) is 12.7 Å². The molecule has 0 spiro atoms. The van der Waals surface area contributed by atoms with Crippen LogP contribution in [-0.2, 0) is 13.1 Å². The van der Waals surface area contributed by atoms with Gasteiger partial charge in [0.2, 0.25) is 0 Å². The van der Waals surface area contributed by atoms with E-state index in [2.05, 4.69) is 11.8 Å². The van der Waals surface area contributed by atoms with Gasteiger partial charge < -0.3 is 9.84 Å². The standard InChI is InChI=1S/C19H23NO3/c1-3-12-20(14-16-9-5-7-11-18(16)23-2)13-15-8-4-6-10-17(15)19(21)22/h4-11H,3,12-14H2,1-2H3,(H,21,22). The van der Waals surface area contributed by atoms with Gasteiger partial charge in [-0.1, -0.05) is 43.3 Å². The summed E-state index contributed by atoms with van der Waals surface area (Å²) in [4.78, 5) is 13.6. The molecular weight excluding hydrogens is 290 g/mol. The Hall–Kier alpha value is -2.33. The largest absolute Gasteiger partial charge is 0.496 e. The minimum Gasteiger partial charge on any atom is -0.496 e. The van der Waals surface area contributed by atoms with Crippen molar-refractivity contribution in [1.82, 2.24) is 4.90 Å². The van der Waals surface area contributed by atoms with Crippen LogP contribution in [0.5, 0.6) is 5.75 Å². The Morgan fingerprint density at radius 3 is 2.30 bits per heavy atom. The molecule has 2 aromatic rings. The van der Waals surface area contributed by atoms with Crippen molar-refractivity contribution in [3.63, 3.8) is 0 Å². The maximum Gasteiger partial charge on any atom is 0.336 e. The summed E-state index contributed by atoms with van der Waals surface area (Å²) in [5.74, 6) is -0.0190. The summed E-state index contributed by atoms with van der Waals surface area (Å²) >= 11 is 0. The highest BCUT2D eigenvalue weighted by Crippen LogP contribution is 2.21. The van der Waals surface area contributed by atoms with Gasteiger partial charge in [-0.15, -0.1) is 0 Å². The van der Waals surface area contributed by atoms with Crippen molar-refractivity contribution in [1.29, 1.82) is 0 Å². The fourth-order valence-corrected chi connectivity index (χ4v) is 2.71. The van der Waals surface area contributed by atoms with E-state index in [1.54, 1.807) is 19.2 Å². The average molecular weight is 313 g/mol. The molecule has 0 aliphatic heterocycles. The van der Waals surface area contributed by atoms with Crippen molar-refractivity contribution in [3.8, 4) is 5.75 Å². The van der Waals surface area contributed by atoms with Gasteiger partial charge >= 0.3 is 5.97 Å². The van der Waals surface area contributed by atoms with Crippen LogP contribution < -0.4 is 4.74 Å². The molecule has 0 aliphatic carbocycles. The number of rotatable bonds is 8. The van der Waals surface area contributed by atoms with Crippen molar-refractivity contribution >= 4 is 5.97 Å². The van der Waals surface area contributed by atoms with Gasteiger partial charge in [0.25, 0.3) is 0 Å². The van der Waals surface area contributed by atoms with Gasteiger partial charge in [0.15, 0.2) is 0 Å². The first kappa shape index (κ1) is 17.0. The van der Waals surface area contributed by atoms with Gasteiger partial charge in [-0.3, -0.25) is 4.90 Å². The SMILES string of the molecule is CCCN(Cc1ccccc1OC)Cc1ccccc1C(=O)O. The van der Waals surface area contributed by atoms with E-state index < -0.39 is 5.97 Å². The third-order valence-corrected chi connectivity index (χ3v) is 3.77. The second-order valence-electron chi connectivity index (χ2n) is 5.48. The molecule has 122 valence electrons. The third-order valence-electron chi connectivity index (χ3n) is 3.77. The maximum absolute atomic E-state index is 11.4. The Balaban J connectivity index is 2.21. The van der Waals surface area contributed by atoms with E-state index in [9.17, 15) is 9.90 Å². The molecule has 0 bridgehead atoms. The summed E-state index contributed by atoms with van der Waals surface area (Å²) in [5.41, 5.74) is 2.31. The van der Waals surface area contributed by atoms with Crippen LogP contribution in [0.15, 0.2) is 48.5 Å². The van der Waals surface area contributed by atoms with Gasteiger partial charge in [0.1, 0.15) is 5.75 Å². The van der Waals surface area contributed by atoms with E-state index in [1.807, 2.05) is 36.4 Å². The van der Waals surface area contributed by atoms with E-state index in [-0.39, 0.29) is 0 Å². The zero-order valence-electron chi connectivity index (χ0n) is 13.7. The molecule has 0 saturated carbocycles. The van der Waals surface area contributed by atoms with Crippen LogP contribution in [0, 0.1) is 0 Å². The molecule has 0 heterocycles. The fraction of sp³-hybridized carbons (Fsp3) is 0.316. The third kappa shape index (κ3) is 4.57. The number of para-hydroxylation sites is 1. The summed E-state index contributed by atoms with van der Waals surface area (Å²) in [6.07, 6.45) is 1.00. The Labute approximate surface area is 137 Å². The van der Waals surface area contributed by atoms with Crippen LogP contribution in [0.2, 0.25) is 0 Å². The topological polar surface area (TPSA) is 49.8 Å². The predicted molar refractivity (Wildman–Crippen MR) is 90.8 cm³/mol. The average Bonchev–Trinajstić information content (AvgIpc) is 2.56. The van der Waals surface area contributed by atoms with Crippen LogP contribution in [-0.4, -0.2) is 29.6 Å². The number of carboxylic acids is 1. The lowest BCUT2D eigenvalue weighted by Crippen LogP contribution is -2.25. The molecule has 0 amide bonds. The lowest BCUT2D eigenvalue weighted by atomic mass is 10.1. The number of carbonyl (C=O) groups is 1. The van der Waals surface area contributed by atoms with E-state index in [1.165, 1.54) is 0 Å².